The fraction of sp³-hybridized carbons (Fsp3) is 0.273. The number of methoxy groups -OCH3 is 1. The average Bonchev–Trinajstić information content (AvgIpc) is 2.26. The van der Waals surface area contributed by atoms with Gasteiger partial charge in [-0.1, -0.05) is 0 Å². The SMILES string of the molecule is COC(=O)c1cc(CCC(=O)O)c(O)cc1O. The van der Waals surface area contributed by atoms with E-state index in [0.717, 1.165) is 13.2 Å². The fourth-order valence-electron chi connectivity index (χ4n) is 1.34. The van der Waals surface area contributed by atoms with Crippen molar-refractivity contribution in [1.82, 2.24) is 0 Å². The van der Waals surface area contributed by atoms with Crippen LogP contribution < -0.4 is 0 Å². The van der Waals surface area contributed by atoms with Gasteiger partial charge in [-0.2, -0.15) is 0 Å². The minimum Gasteiger partial charge on any atom is -0.508 e. The number of carboxylic acids is 1. The second-order valence-corrected chi connectivity index (χ2v) is 3.38. The maximum Gasteiger partial charge on any atom is 0.341 e. The second kappa shape index (κ2) is 5.20. The third-order valence-electron chi connectivity index (χ3n) is 2.21. The molecule has 1 aromatic rings. The third kappa shape index (κ3) is 3.10. The lowest BCUT2D eigenvalue weighted by molar-refractivity contribution is -0.136. The van der Waals surface area contributed by atoms with E-state index < -0.39 is 17.7 Å². The molecule has 0 saturated carbocycles. The molecule has 0 radical (unpaired) electrons. The van der Waals surface area contributed by atoms with Gasteiger partial charge in [0.1, 0.15) is 17.1 Å². The van der Waals surface area contributed by atoms with Gasteiger partial charge in [0, 0.05) is 12.5 Å². The summed E-state index contributed by atoms with van der Waals surface area (Å²) in [5.41, 5.74) is 0.163. The highest BCUT2D eigenvalue weighted by Gasteiger charge is 2.15. The van der Waals surface area contributed by atoms with Crippen LogP contribution in [-0.2, 0) is 16.0 Å². The number of rotatable bonds is 4. The van der Waals surface area contributed by atoms with E-state index in [2.05, 4.69) is 4.74 Å². The zero-order valence-electron chi connectivity index (χ0n) is 9.14. The fourth-order valence-corrected chi connectivity index (χ4v) is 1.34. The summed E-state index contributed by atoms with van der Waals surface area (Å²) in [6.07, 6.45) is -0.121. The molecular weight excluding hydrogens is 228 g/mol. The molecule has 17 heavy (non-hydrogen) atoms. The zero-order valence-corrected chi connectivity index (χ0v) is 9.14. The number of hydrogen-bond acceptors (Lipinski definition) is 5. The molecule has 0 unspecified atom stereocenters. The molecule has 1 aromatic carbocycles. The van der Waals surface area contributed by atoms with Gasteiger partial charge in [0.05, 0.1) is 7.11 Å². The molecule has 0 amide bonds. The van der Waals surface area contributed by atoms with Crippen molar-refractivity contribution in [2.24, 2.45) is 0 Å². The molecule has 0 aliphatic rings. The van der Waals surface area contributed by atoms with E-state index in [1.807, 2.05) is 0 Å². The number of carbonyl (C=O) groups is 2. The molecule has 0 bridgehead atoms. The highest BCUT2D eigenvalue weighted by atomic mass is 16.5. The molecule has 0 atom stereocenters. The Morgan fingerprint density at radius 2 is 1.88 bits per heavy atom. The molecular formula is C11H12O6. The van der Waals surface area contributed by atoms with Gasteiger partial charge in [-0.15, -0.1) is 0 Å². The third-order valence-corrected chi connectivity index (χ3v) is 2.21. The summed E-state index contributed by atoms with van der Waals surface area (Å²) in [6, 6.07) is 2.21. The number of ether oxygens (including phenoxy) is 1. The van der Waals surface area contributed by atoms with Crippen molar-refractivity contribution in [2.45, 2.75) is 12.8 Å². The van der Waals surface area contributed by atoms with E-state index in [1.54, 1.807) is 0 Å². The summed E-state index contributed by atoms with van der Waals surface area (Å²) in [7, 11) is 1.16. The Morgan fingerprint density at radius 3 is 2.41 bits per heavy atom. The maximum absolute atomic E-state index is 11.3. The molecule has 1 rings (SSSR count). The Labute approximate surface area is 97.1 Å². The monoisotopic (exact) mass is 240 g/mol. The Bertz CT molecular complexity index is 452. The summed E-state index contributed by atoms with van der Waals surface area (Å²) in [6.45, 7) is 0. The van der Waals surface area contributed by atoms with Crippen molar-refractivity contribution >= 4 is 11.9 Å². The molecule has 0 fully saturated rings. The van der Waals surface area contributed by atoms with Crippen LogP contribution in [0.1, 0.15) is 22.3 Å². The molecule has 3 N–H and O–H groups in total. The standard InChI is InChI=1S/C11H12O6/c1-17-11(16)7-4-6(2-3-10(14)15)8(12)5-9(7)13/h4-5,12-13H,2-3H2,1H3,(H,14,15). The molecule has 6 nitrogen and oxygen atoms in total. The van der Waals surface area contributed by atoms with Crippen LogP contribution in [0.5, 0.6) is 11.5 Å². The maximum atomic E-state index is 11.3. The number of aliphatic carboxylic acids is 1. The van der Waals surface area contributed by atoms with Crippen molar-refractivity contribution in [2.75, 3.05) is 7.11 Å². The highest BCUT2D eigenvalue weighted by molar-refractivity contribution is 5.93. The lowest BCUT2D eigenvalue weighted by Gasteiger charge is -2.08. The second-order valence-electron chi connectivity index (χ2n) is 3.38. The molecule has 92 valence electrons. The lowest BCUT2D eigenvalue weighted by atomic mass is 10.0. The van der Waals surface area contributed by atoms with Crippen LogP contribution in [0.15, 0.2) is 12.1 Å². The summed E-state index contributed by atoms with van der Waals surface area (Å²) >= 11 is 0. The molecule has 0 saturated heterocycles. The van der Waals surface area contributed by atoms with Gasteiger partial charge in [-0.3, -0.25) is 4.79 Å². The van der Waals surface area contributed by atoms with Crippen LogP contribution >= 0.6 is 0 Å². The molecule has 0 aromatic heterocycles. The quantitative estimate of drug-likeness (QED) is 0.675. The topological polar surface area (TPSA) is 104 Å². The molecule has 0 aliphatic heterocycles. The van der Waals surface area contributed by atoms with Crippen LogP contribution in [0.3, 0.4) is 0 Å². The first-order chi connectivity index (χ1) is 7.95. The summed E-state index contributed by atoms with van der Waals surface area (Å²) < 4.78 is 4.44. The van der Waals surface area contributed by atoms with Crippen LogP contribution in [0.25, 0.3) is 0 Å². The summed E-state index contributed by atoms with van der Waals surface area (Å²) in [5.74, 6) is -2.43. The van der Waals surface area contributed by atoms with E-state index in [-0.39, 0.29) is 29.7 Å². The van der Waals surface area contributed by atoms with Gasteiger partial charge in [0.15, 0.2) is 0 Å². The van der Waals surface area contributed by atoms with Crippen LogP contribution in [-0.4, -0.2) is 34.4 Å². The first-order valence-corrected chi connectivity index (χ1v) is 4.80. The first-order valence-electron chi connectivity index (χ1n) is 4.80. The van der Waals surface area contributed by atoms with Crippen LogP contribution in [0.4, 0.5) is 0 Å². The molecule has 0 spiro atoms. The minimum atomic E-state index is -1.02. The van der Waals surface area contributed by atoms with Crippen molar-refractivity contribution in [3.8, 4) is 11.5 Å². The van der Waals surface area contributed by atoms with Gasteiger partial charge in [0.2, 0.25) is 0 Å². The van der Waals surface area contributed by atoms with E-state index in [4.69, 9.17) is 5.11 Å². The van der Waals surface area contributed by atoms with Crippen molar-refractivity contribution in [1.29, 1.82) is 0 Å². The number of carboxylic acid groups (broad SMARTS) is 1. The predicted octanol–water partition coefficient (Wildman–Crippen LogP) is 0.902. The smallest absolute Gasteiger partial charge is 0.341 e. The average molecular weight is 240 g/mol. The van der Waals surface area contributed by atoms with E-state index in [1.165, 1.54) is 6.07 Å². The Morgan fingerprint density at radius 1 is 1.24 bits per heavy atom. The number of phenols is 2. The number of esters is 1. The minimum absolute atomic E-state index is 0.0610. The lowest BCUT2D eigenvalue weighted by Crippen LogP contribution is -2.04. The normalized spacial score (nSPS) is 9.94. The number of aryl methyl sites for hydroxylation is 1. The van der Waals surface area contributed by atoms with Gasteiger partial charge in [-0.25, -0.2) is 4.79 Å². The van der Waals surface area contributed by atoms with E-state index in [9.17, 15) is 19.8 Å². The Balaban J connectivity index is 3.05. The van der Waals surface area contributed by atoms with Crippen LogP contribution in [0.2, 0.25) is 0 Å². The van der Waals surface area contributed by atoms with E-state index >= 15 is 0 Å². The summed E-state index contributed by atoms with van der Waals surface area (Å²) in [5, 5.41) is 27.4. The number of hydrogen-bond donors (Lipinski definition) is 3. The Hall–Kier alpha value is -2.24. The van der Waals surface area contributed by atoms with Crippen molar-refractivity contribution in [3.05, 3.63) is 23.3 Å². The van der Waals surface area contributed by atoms with Crippen LogP contribution in [0, 0.1) is 0 Å². The highest BCUT2D eigenvalue weighted by Crippen LogP contribution is 2.28. The first kappa shape index (κ1) is 12.8. The molecule has 0 heterocycles. The van der Waals surface area contributed by atoms with E-state index in [0.29, 0.717) is 0 Å². The number of carbonyl (C=O) groups excluding carboxylic acids is 1. The van der Waals surface area contributed by atoms with Gasteiger partial charge >= 0.3 is 11.9 Å². The van der Waals surface area contributed by atoms with Gasteiger partial charge < -0.3 is 20.1 Å². The predicted molar refractivity (Wildman–Crippen MR) is 57.1 cm³/mol. The zero-order chi connectivity index (χ0) is 13.0. The number of aromatic hydroxyl groups is 2. The number of benzene rings is 1. The molecule has 6 heteroatoms. The molecule has 0 aliphatic carbocycles. The van der Waals surface area contributed by atoms with Gasteiger partial charge in [0.25, 0.3) is 0 Å². The largest absolute Gasteiger partial charge is 0.508 e. The van der Waals surface area contributed by atoms with Crippen molar-refractivity contribution < 1.29 is 29.6 Å². The Kier molecular flexibility index (Phi) is 3.92. The van der Waals surface area contributed by atoms with Crippen molar-refractivity contribution in [3.63, 3.8) is 0 Å². The number of phenolic OH excluding ortho intramolecular Hbond substituents is 2. The summed E-state index contributed by atoms with van der Waals surface area (Å²) in [4.78, 5) is 21.7. The van der Waals surface area contributed by atoms with Gasteiger partial charge in [-0.05, 0) is 18.1 Å².